The van der Waals surface area contributed by atoms with Crippen molar-refractivity contribution in [3.8, 4) is 5.75 Å². The van der Waals surface area contributed by atoms with Crippen LogP contribution in [0.2, 0.25) is 5.02 Å². The lowest BCUT2D eigenvalue weighted by Gasteiger charge is -2.17. The van der Waals surface area contributed by atoms with E-state index in [2.05, 4.69) is 10.3 Å². The van der Waals surface area contributed by atoms with Crippen LogP contribution in [-0.4, -0.2) is 40.4 Å². The zero-order valence-electron chi connectivity index (χ0n) is 15.1. The molecule has 2 aliphatic heterocycles. The first kappa shape index (κ1) is 20.2. The Morgan fingerprint density at radius 2 is 2.14 bits per heavy atom. The molecule has 0 unspecified atom stereocenters. The Kier molecular flexibility index (Phi) is 6.59. The number of hydrogen-bond acceptors (Lipinski definition) is 5. The molecular formula is C20H19ClN2O4S. The smallest absolute Gasteiger partial charge is 0.326 e. The van der Waals surface area contributed by atoms with Gasteiger partial charge in [0.1, 0.15) is 23.4 Å². The summed E-state index contributed by atoms with van der Waals surface area (Å²) in [6.07, 6.45) is 3.90. The Balaban J connectivity index is 1.95. The van der Waals surface area contributed by atoms with E-state index in [0.29, 0.717) is 39.3 Å². The van der Waals surface area contributed by atoms with E-state index < -0.39 is 17.9 Å². The van der Waals surface area contributed by atoms with Gasteiger partial charge in [0, 0.05) is 17.9 Å². The number of carboxylic acid groups (broad SMARTS) is 1. The van der Waals surface area contributed by atoms with Crippen molar-refractivity contribution >= 4 is 35.2 Å². The molecule has 0 spiro atoms. The zero-order chi connectivity index (χ0) is 20.1. The average molecular weight is 419 g/mol. The Hall–Kier alpha value is -2.51. The number of aromatic nitrogens is 1. The van der Waals surface area contributed by atoms with Crippen molar-refractivity contribution in [3.63, 3.8) is 0 Å². The molecule has 1 aromatic carbocycles. The number of aliphatic carboxylic acids is 1. The number of halogens is 1. The van der Waals surface area contributed by atoms with Crippen LogP contribution in [0.3, 0.4) is 0 Å². The first-order valence-electron chi connectivity index (χ1n) is 8.64. The lowest BCUT2D eigenvalue weighted by atomic mass is 10.1. The fourth-order valence-electron chi connectivity index (χ4n) is 2.68. The van der Waals surface area contributed by atoms with Gasteiger partial charge in [-0.15, -0.1) is 11.8 Å². The first-order valence-corrected chi connectivity index (χ1v) is 10.0. The maximum absolute atomic E-state index is 12.8. The molecule has 0 aliphatic carbocycles. The Morgan fingerprint density at radius 1 is 1.32 bits per heavy atom. The van der Waals surface area contributed by atoms with E-state index in [4.69, 9.17) is 16.3 Å². The van der Waals surface area contributed by atoms with Gasteiger partial charge in [0.15, 0.2) is 0 Å². The number of aryl methyl sites for hydroxylation is 1. The van der Waals surface area contributed by atoms with E-state index in [0.717, 1.165) is 5.69 Å². The van der Waals surface area contributed by atoms with E-state index in [9.17, 15) is 14.7 Å². The second kappa shape index (κ2) is 9.12. The van der Waals surface area contributed by atoms with Crippen molar-refractivity contribution in [1.29, 1.82) is 0 Å². The molecule has 1 atom stereocenters. The number of pyridine rings is 1. The van der Waals surface area contributed by atoms with Gasteiger partial charge in [0.05, 0.1) is 10.6 Å². The third kappa shape index (κ3) is 5.05. The molecule has 2 N–H and O–H groups in total. The van der Waals surface area contributed by atoms with E-state index >= 15 is 0 Å². The van der Waals surface area contributed by atoms with Gasteiger partial charge in [0.2, 0.25) is 0 Å². The van der Waals surface area contributed by atoms with Gasteiger partial charge in [-0.2, -0.15) is 0 Å². The molecule has 146 valence electrons. The van der Waals surface area contributed by atoms with Gasteiger partial charge in [-0.25, -0.2) is 9.78 Å². The van der Waals surface area contributed by atoms with Gasteiger partial charge >= 0.3 is 5.97 Å². The monoisotopic (exact) mass is 418 g/mol. The Labute approximate surface area is 172 Å². The van der Waals surface area contributed by atoms with Crippen LogP contribution < -0.4 is 10.1 Å². The summed E-state index contributed by atoms with van der Waals surface area (Å²) >= 11 is 7.64. The summed E-state index contributed by atoms with van der Waals surface area (Å²) in [5.74, 6) is -0.476. The number of ether oxygens (including phenoxy) is 1. The van der Waals surface area contributed by atoms with E-state index in [1.54, 1.807) is 30.3 Å². The number of rotatable bonds is 1. The summed E-state index contributed by atoms with van der Waals surface area (Å²) in [5, 5.41) is 13.1. The van der Waals surface area contributed by atoms with Gasteiger partial charge in [0.25, 0.3) is 5.91 Å². The topological polar surface area (TPSA) is 88.5 Å². The second-order valence-electron chi connectivity index (χ2n) is 6.23. The number of carbonyl (C=O) groups excluding carboxylic acids is 1. The minimum atomic E-state index is -1.12. The van der Waals surface area contributed by atoms with Crippen molar-refractivity contribution in [2.75, 3.05) is 12.4 Å². The molecule has 0 fully saturated rings. The normalized spacial score (nSPS) is 17.5. The second-order valence-corrected chi connectivity index (χ2v) is 7.65. The fraction of sp³-hybridized carbons (Fsp3) is 0.250. The molecule has 1 amide bonds. The Morgan fingerprint density at radius 3 is 2.89 bits per heavy atom. The highest BCUT2D eigenvalue weighted by molar-refractivity contribution is 7.99. The van der Waals surface area contributed by atoms with Crippen molar-refractivity contribution in [2.45, 2.75) is 24.4 Å². The van der Waals surface area contributed by atoms with Crippen LogP contribution in [0.25, 0.3) is 0 Å². The van der Waals surface area contributed by atoms with Crippen LogP contribution >= 0.6 is 23.4 Å². The number of carboxylic acids is 1. The zero-order valence-corrected chi connectivity index (χ0v) is 16.7. The molecule has 8 heteroatoms. The summed E-state index contributed by atoms with van der Waals surface area (Å²) in [6, 6.07) is 7.41. The van der Waals surface area contributed by atoms with Crippen LogP contribution in [0.15, 0.2) is 47.5 Å². The molecule has 28 heavy (non-hydrogen) atoms. The Bertz CT molecular complexity index is 932. The highest BCUT2D eigenvalue weighted by Gasteiger charge is 2.23. The summed E-state index contributed by atoms with van der Waals surface area (Å²) in [6.45, 7) is 2.19. The maximum Gasteiger partial charge on any atom is 0.326 e. The number of amides is 1. The lowest BCUT2D eigenvalue weighted by molar-refractivity contribution is -0.139. The van der Waals surface area contributed by atoms with Gasteiger partial charge < -0.3 is 15.2 Å². The minimum absolute atomic E-state index is 0.0999. The van der Waals surface area contributed by atoms with Crippen LogP contribution in [0.5, 0.6) is 5.75 Å². The van der Waals surface area contributed by atoms with E-state index in [1.807, 2.05) is 19.1 Å². The van der Waals surface area contributed by atoms with Crippen molar-refractivity contribution in [1.82, 2.24) is 10.3 Å². The van der Waals surface area contributed by atoms with E-state index in [1.165, 1.54) is 11.8 Å². The molecule has 2 bridgehead atoms. The summed E-state index contributed by atoms with van der Waals surface area (Å²) in [7, 11) is 0. The quantitative estimate of drug-likeness (QED) is 0.689. The number of nitrogens with one attached hydrogen (secondary N) is 1. The predicted octanol–water partition coefficient (Wildman–Crippen LogP) is 3.51. The number of thioether (sulfide) groups is 1. The van der Waals surface area contributed by atoms with Crippen LogP contribution in [0.1, 0.15) is 21.6 Å². The van der Waals surface area contributed by atoms with Gasteiger partial charge in [-0.1, -0.05) is 29.8 Å². The van der Waals surface area contributed by atoms with Gasteiger partial charge in [-0.05, 0) is 36.8 Å². The maximum atomic E-state index is 12.8. The minimum Gasteiger partial charge on any atom is -0.488 e. The van der Waals surface area contributed by atoms with Crippen molar-refractivity contribution in [3.05, 3.63) is 64.3 Å². The molecule has 0 radical (unpaired) electrons. The standard InChI is InChI=1S/C20H19ClN2O4S/c1-12-4-6-14-18(24)23-16(20(25)26)11-13-5-7-17(15(21)10-13)27-8-2-3-9-28-19(14)22-12/h2-7,10,16H,8-9,11H2,1H3,(H,23,24)(H,25,26)/t16-/m0/s1. The number of fused-ring (bicyclic) bond motifs is 9. The molecule has 1 aromatic heterocycles. The molecule has 0 saturated heterocycles. The molecule has 2 aromatic rings. The number of carbonyl (C=O) groups is 2. The third-order valence-electron chi connectivity index (χ3n) is 4.10. The fourth-order valence-corrected chi connectivity index (χ4v) is 3.85. The lowest BCUT2D eigenvalue weighted by Crippen LogP contribution is -2.42. The number of nitrogens with zero attached hydrogens (tertiary/aromatic N) is 1. The number of benzene rings is 1. The third-order valence-corrected chi connectivity index (χ3v) is 5.34. The van der Waals surface area contributed by atoms with Crippen molar-refractivity contribution in [2.24, 2.45) is 0 Å². The highest BCUT2D eigenvalue weighted by atomic mass is 35.5. The molecular weight excluding hydrogens is 400 g/mol. The van der Waals surface area contributed by atoms with Crippen LogP contribution in [0.4, 0.5) is 0 Å². The van der Waals surface area contributed by atoms with Crippen LogP contribution in [0, 0.1) is 6.92 Å². The number of hydrogen-bond donors (Lipinski definition) is 2. The highest BCUT2D eigenvalue weighted by Crippen LogP contribution is 2.27. The average Bonchev–Trinajstić information content (AvgIpc) is 2.64. The first-order chi connectivity index (χ1) is 13.4. The molecule has 4 rings (SSSR count). The van der Waals surface area contributed by atoms with Crippen molar-refractivity contribution < 1.29 is 19.4 Å². The largest absolute Gasteiger partial charge is 0.488 e. The van der Waals surface area contributed by atoms with Gasteiger partial charge in [-0.3, -0.25) is 4.79 Å². The van der Waals surface area contributed by atoms with E-state index in [-0.39, 0.29) is 6.42 Å². The predicted molar refractivity (Wildman–Crippen MR) is 108 cm³/mol. The summed E-state index contributed by atoms with van der Waals surface area (Å²) in [5.41, 5.74) is 1.82. The molecule has 2 aliphatic rings. The molecule has 0 saturated carbocycles. The summed E-state index contributed by atoms with van der Waals surface area (Å²) in [4.78, 5) is 28.9. The molecule has 6 nitrogen and oxygen atoms in total. The SMILES string of the molecule is Cc1ccc2c(n1)SCC=CCOc1ccc(cc1Cl)C[C@@H](C(=O)O)NC2=O. The van der Waals surface area contributed by atoms with Crippen LogP contribution in [-0.2, 0) is 11.2 Å². The summed E-state index contributed by atoms with van der Waals surface area (Å²) < 4.78 is 5.64. The molecule has 3 heterocycles.